The van der Waals surface area contributed by atoms with E-state index in [0.717, 1.165) is 0 Å². The molecule has 1 rings (SSSR count). The normalized spacial score (nSPS) is 46.4. The van der Waals surface area contributed by atoms with Crippen molar-refractivity contribution in [2.75, 3.05) is 13.7 Å². The van der Waals surface area contributed by atoms with Gasteiger partial charge in [0.1, 0.15) is 24.4 Å². The van der Waals surface area contributed by atoms with Gasteiger partial charge in [0, 0.05) is 7.11 Å². The molecule has 5 atom stereocenters. The minimum atomic E-state index is -1.49. The quantitative estimate of drug-likeness (QED) is 0.386. The fourth-order valence-corrected chi connectivity index (χ4v) is 1.36. The molecule has 1 aliphatic rings. The molecule has 2 unspecified atom stereocenters. The SMILES string of the molecule is CO[C@@H]1C(CO)OC(O)[C@@H](O)[C@@H]1O. The van der Waals surface area contributed by atoms with Gasteiger partial charge >= 0.3 is 0 Å². The Bertz CT molecular complexity index is 161. The molecule has 0 saturated carbocycles. The number of ether oxygens (including phenoxy) is 2. The minimum absolute atomic E-state index is 0.390. The number of rotatable bonds is 2. The molecule has 1 heterocycles. The topological polar surface area (TPSA) is 99.4 Å². The zero-order chi connectivity index (χ0) is 10.0. The van der Waals surface area contributed by atoms with Crippen LogP contribution in [0.15, 0.2) is 0 Å². The van der Waals surface area contributed by atoms with E-state index in [-0.39, 0.29) is 6.61 Å². The van der Waals surface area contributed by atoms with Gasteiger partial charge in [-0.05, 0) is 0 Å². The zero-order valence-electron chi connectivity index (χ0n) is 7.20. The average Bonchev–Trinajstić information content (AvgIpc) is 2.13. The molecule has 0 bridgehead atoms. The molecule has 6 heteroatoms. The van der Waals surface area contributed by atoms with E-state index in [1.807, 2.05) is 0 Å². The third-order valence-electron chi connectivity index (χ3n) is 2.11. The molecule has 0 radical (unpaired) electrons. The molecule has 6 nitrogen and oxygen atoms in total. The minimum Gasteiger partial charge on any atom is -0.394 e. The van der Waals surface area contributed by atoms with Crippen LogP contribution >= 0.6 is 0 Å². The summed E-state index contributed by atoms with van der Waals surface area (Å²) < 4.78 is 9.61. The van der Waals surface area contributed by atoms with Crippen molar-refractivity contribution in [2.45, 2.75) is 30.7 Å². The first-order valence-corrected chi connectivity index (χ1v) is 3.95. The molecule has 0 spiro atoms. The van der Waals surface area contributed by atoms with Crippen LogP contribution in [0.1, 0.15) is 0 Å². The third-order valence-corrected chi connectivity index (χ3v) is 2.11. The summed E-state index contributed by atoms with van der Waals surface area (Å²) in [5.41, 5.74) is 0. The molecule has 0 aromatic heterocycles. The summed E-state index contributed by atoms with van der Waals surface area (Å²) in [4.78, 5) is 0. The van der Waals surface area contributed by atoms with Crippen molar-refractivity contribution in [3.05, 3.63) is 0 Å². The summed E-state index contributed by atoms with van der Waals surface area (Å²) >= 11 is 0. The molecule has 4 N–H and O–H groups in total. The van der Waals surface area contributed by atoms with Gasteiger partial charge in [-0.15, -0.1) is 0 Å². The highest BCUT2D eigenvalue weighted by Gasteiger charge is 2.43. The summed E-state index contributed by atoms with van der Waals surface area (Å²) in [5, 5.41) is 36.4. The molecule has 0 amide bonds. The fourth-order valence-electron chi connectivity index (χ4n) is 1.36. The van der Waals surface area contributed by atoms with Crippen LogP contribution in [0.5, 0.6) is 0 Å². The van der Waals surface area contributed by atoms with Crippen molar-refractivity contribution < 1.29 is 29.9 Å². The summed E-state index contributed by atoms with van der Waals surface area (Å²) in [6.07, 6.45) is -5.81. The second-order valence-corrected chi connectivity index (χ2v) is 2.93. The van der Waals surface area contributed by atoms with Crippen LogP contribution in [0.2, 0.25) is 0 Å². The fraction of sp³-hybridized carbons (Fsp3) is 1.00. The lowest BCUT2D eigenvalue weighted by atomic mass is 9.99. The Kier molecular flexibility index (Phi) is 3.60. The molecule has 0 aromatic carbocycles. The number of hydrogen-bond donors (Lipinski definition) is 4. The molecular formula is C7H14O6. The summed E-state index contributed by atoms with van der Waals surface area (Å²) in [6, 6.07) is 0. The number of aliphatic hydroxyl groups excluding tert-OH is 4. The van der Waals surface area contributed by atoms with Gasteiger partial charge in [0.2, 0.25) is 0 Å². The van der Waals surface area contributed by atoms with Crippen molar-refractivity contribution in [2.24, 2.45) is 0 Å². The van der Waals surface area contributed by atoms with Crippen LogP contribution in [0.4, 0.5) is 0 Å². The first-order valence-electron chi connectivity index (χ1n) is 3.95. The largest absolute Gasteiger partial charge is 0.394 e. The lowest BCUT2D eigenvalue weighted by Crippen LogP contribution is -2.59. The molecule has 0 aromatic rings. The second kappa shape index (κ2) is 4.32. The van der Waals surface area contributed by atoms with E-state index >= 15 is 0 Å². The van der Waals surface area contributed by atoms with Gasteiger partial charge in [-0.1, -0.05) is 0 Å². The number of hydrogen-bond acceptors (Lipinski definition) is 6. The van der Waals surface area contributed by atoms with Crippen LogP contribution in [-0.4, -0.2) is 64.8 Å². The standard InChI is InChI=1S/C7H14O6/c1-12-6-3(2-8)13-7(11)5(10)4(6)9/h3-11H,2H2,1H3/t3?,4-,5-,6+,7?/m0/s1. The Morgan fingerprint density at radius 3 is 2.31 bits per heavy atom. The number of methoxy groups -OCH3 is 1. The van der Waals surface area contributed by atoms with Crippen LogP contribution in [-0.2, 0) is 9.47 Å². The van der Waals surface area contributed by atoms with E-state index in [1.54, 1.807) is 0 Å². The maximum Gasteiger partial charge on any atom is 0.184 e. The third kappa shape index (κ3) is 1.98. The highest BCUT2D eigenvalue weighted by molar-refractivity contribution is 4.89. The van der Waals surface area contributed by atoms with Gasteiger partial charge in [0.25, 0.3) is 0 Å². The highest BCUT2D eigenvalue weighted by atomic mass is 16.6. The Labute approximate surface area is 75.3 Å². The molecule has 1 aliphatic heterocycles. The van der Waals surface area contributed by atoms with Crippen LogP contribution in [0, 0.1) is 0 Å². The van der Waals surface area contributed by atoms with E-state index in [9.17, 15) is 10.2 Å². The Hall–Kier alpha value is -0.240. The summed E-state index contributed by atoms with van der Waals surface area (Å²) in [5.74, 6) is 0. The van der Waals surface area contributed by atoms with E-state index in [4.69, 9.17) is 19.7 Å². The first kappa shape index (κ1) is 10.8. The maximum atomic E-state index is 9.38. The van der Waals surface area contributed by atoms with Gasteiger partial charge in [-0.25, -0.2) is 0 Å². The van der Waals surface area contributed by atoms with Crippen molar-refractivity contribution in [3.8, 4) is 0 Å². The molecule has 1 fully saturated rings. The monoisotopic (exact) mass is 194 g/mol. The molecular weight excluding hydrogens is 180 g/mol. The molecule has 13 heavy (non-hydrogen) atoms. The maximum absolute atomic E-state index is 9.38. The van der Waals surface area contributed by atoms with Crippen LogP contribution in [0.25, 0.3) is 0 Å². The summed E-state index contributed by atoms with van der Waals surface area (Å²) in [6.45, 7) is -0.390. The van der Waals surface area contributed by atoms with Crippen LogP contribution < -0.4 is 0 Å². The summed E-state index contributed by atoms with van der Waals surface area (Å²) in [7, 11) is 1.32. The van der Waals surface area contributed by atoms with Gasteiger partial charge in [0.05, 0.1) is 6.61 Å². The molecule has 1 saturated heterocycles. The van der Waals surface area contributed by atoms with Gasteiger partial charge in [0.15, 0.2) is 6.29 Å². The van der Waals surface area contributed by atoms with E-state index in [2.05, 4.69) is 0 Å². The van der Waals surface area contributed by atoms with Crippen LogP contribution in [0.3, 0.4) is 0 Å². The Balaban J connectivity index is 2.69. The van der Waals surface area contributed by atoms with E-state index in [0.29, 0.717) is 0 Å². The Morgan fingerprint density at radius 1 is 1.23 bits per heavy atom. The molecule has 78 valence electrons. The van der Waals surface area contributed by atoms with Crippen molar-refractivity contribution in [3.63, 3.8) is 0 Å². The van der Waals surface area contributed by atoms with Gasteiger partial charge in [-0.2, -0.15) is 0 Å². The lowest BCUT2D eigenvalue weighted by Gasteiger charge is -2.39. The van der Waals surface area contributed by atoms with Crippen molar-refractivity contribution in [1.29, 1.82) is 0 Å². The van der Waals surface area contributed by atoms with E-state index in [1.165, 1.54) is 7.11 Å². The first-order chi connectivity index (χ1) is 6.11. The van der Waals surface area contributed by atoms with Crippen molar-refractivity contribution >= 4 is 0 Å². The lowest BCUT2D eigenvalue weighted by molar-refractivity contribution is -0.290. The molecule has 0 aliphatic carbocycles. The predicted molar refractivity (Wildman–Crippen MR) is 40.8 cm³/mol. The second-order valence-electron chi connectivity index (χ2n) is 2.93. The average molecular weight is 194 g/mol. The van der Waals surface area contributed by atoms with E-state index < -0.39 is 30.7 Å². The number of aliphatic hydroxyl groups is 4. The van der Waals surface area contributed by atoms with Gasteiger partial charge < -0.3 is 29.9 Å². The Morgan fingerprint density at radius 2 is 1.85 bits per heavy atom. The smallest absolute Gasteiger partial charge is 0.184 e. The predicted octanol–water partition coefficient (Wildman–Crippen LogP) is -2.57. The van der Waals surface area contributed by atoms with Gasteiger partial charge in [-0.3, -0.25) is 0 Å². The van der Waals surface area contributed by atoms with Crippen molar-refractivity contribution in [1.82, 2.24) is 0 Å². The highest BCUT2D eigenvalue weighted by Crippen LogP contribution is 2.21. The zero-order valence-corrected chi connectivity index (χ0v) is 7.20.